The standard InChI is InChI=1S/C20H17N7S/c1-2-16-15(13-26-10-8-23-19(26)18-21-6-3-7-22-18)25-17-5-4-14(12-27(16)17)20-24-9-11-28-20/h3-12H,2,13H2,1H3. The summed E-state index contributed by atoms with van der Waals surface area (Å²) in [4.78, 5) is 22.4. The second-order valence-corrected chi connectivity index (χ2v) is 7.19. The van der Waals surface area contributed by atoms with Gasteiger partial charge in [0.1, 0.15) is 10.7 Å². The van der Waals surface area contributed by atoms with Crippen molar-refractivity contribution in [1.29, 1.82) is 0 Å². The van der Waals surface area contributed by atoms with Crippen LogP contribution in [0.2, 0.25) is 0 Å². The summed E-state index contributed by atoms with van der Waals surface area (Å²) in [5, 5.41) is 3.00. The predicted molar refractivity (Wildman–Crippen MR) is 108 cm³/mol. The van der Waals surface area contributed by atoms with E-state index in [2.05, 4.69) is 49.6 Å². The van der Waals surface area contributed by atoms with E-state index in [0.29, 0.717) is 12.4 Å². The smallest absolute Gasteiger partial charge is 0.195 e. The number of thiazole rings is 1. The van der Waals surface area contributed by atoms with Crippen molar-refractivity contribution in [1.82, 2.24) is 33.9 Å². The molecule has 0 atom stereocenters. The summed E-state index contributed by atoms with van der Waals surface area (Å²) in [6.07, 6.45) is 12.0. The summed E-state index contributed by atoms with van der Waals surface area (Å²) >= 11 is 1.64. The molecule has 7 nitrogen and oxygen atoms in total. The molecule has 0 aliphatic rings. The van der Waals surface area contributed by atoms with Crippen LogP contribution in [0.5, 0.6) is 0 Å². The van der Waals surface area contributed by atoms with E-state index >= 15 is 0 Å². The van der Waals surface area contributed by atoms with E-state index in [1.807, 2.05) is 22.3 Å². The quantitative estimate of drug-likeness (QED) is 0.459. The van der Waals surface area contributed by atoms with Crippen LogP contribution in [0.25, 0.3) is 27.9 Å². The van der Waals surface area contributed by atoms with Gasteiger partial charge in [0.05, 0.1) is 12.2 Å². The number of imidazole rings is 2. The maximum absolute atomic E-state index is 4.87. The largest absolute Gasteiger partial charge is 0.322 e. The van der Waals surface area contributed by atoms with Crippen LogP contribution in [-0.2, 0) is 13.0 Å². The highest BCUT2D eigenvalue weighted by Gasteiger charge is 2.15. The van der Waals surface area contributed by atoms with E-state index < -0.39 is 0 Å². The maximum atomic E-state index is 4.87. The molecule has 0 fully saturated rings. The Kier molecular flexibility index (Phi) is 4.17. The van der Waals surface area contributed by atoms with Gasteiger partial charge in [-0.1, -0.05) is 6.92 Å². The third kappa shape index (κ3) is 2.87. The number of hydrogen-bond donors (Lipinski definition) is 0. The van der Waals surface area contributed by atoms with Crippen molar-refractivity contribution in [3.05, 3.63) is 72.1 Å². The molecule has 5 aromatic heterocycles. The van der Waals surface area contributed by atoms with Crippen molar-refractivity contribution < 1.29 is 0 Å². The van der Waals surface area contributed by atoms with Crippen LogP contribution in [0.1, 0.15) is 18.3 Å². The minimum Gasteiger partial charge on any atom is -0.322 e. The molecule has 5 heterocycles. The first-order chi connectivity index (χ1) is 13.8. The Morgan fingerprint density at radius 2 is 1.89 bits per heavy atom. The molecular weight excluding hydrogens is 370 g/mol. The SMILES string of the molecule is CCc1c(Cn2ccnc2-c2ncccn2)nc2ccc(-c3nccs3)cn12. The van der Waals surface area contributed by atoms with Gasteiger partial charge in [-0.25, -0.2) is 24.9 Å². The first-order valence-electron chi connectivity index (χ1n) is 9.01. The monoisotopic (exact) mass is 387 g/mol. The van der Waals surface area contributed by atoms with Crippen LogP contribution < -0.4 is 0 Å². The Morgan fingerprint density at radius 1 is 1.00 bits per heavy atom. The van der Waals surface area contributed by atoms with Crippen molar-refractivity contribution in [3.63, 3.8) is 0 Å². The zero-order valence-electron chi connectivity index (χ0n) is 15.2. The predicted octanol–water partition coefficient (Wildman–Crippen LogP) is 3.72. The molecule has 0 amide bonds. The minimum absolute atomic E-state index is 0.611. The fourth-order valence-electron chi connectivity index (χ4n) is 3.35. The third-order valence-corrected chi connectivity index (χ3v) is 5.44. The number of pyridine rings is 1. The number of rotatable bonds is 5. The first-order valence-corrected chi connectivity index (χ1v) is 9.89. The lowest BCUT2D eigenvalue weighted by Gasteiger charge is -2.07. The molecule has 0 saturated carbocycles. The Balaban J connectivity index is 1.56. The van der Waals surface area contributed by atoms with Crippen LogP contribution in [0.15, 0.2) is 60.8 Å². The van der Waals surface area contributed by atoms with Crippen LogP contribution in [0, 0.1) is 0 Å². The summed E-state index contributed by atoms with van der Waals surface area (Å²) in [7, 11) is 0. The molecule has 0 N–H and O–H groups in total. The molecule has 0 aromatic carbocycles. The van der Waals surface area contributed by atoms with Gasteiger partial charge in [0, 0.05) is 53.8 Å². The highest BCUT2D eigenvalue weighted by atomic mass is 32.1. The molecule has 0 saturated heterocycles. The second-order valence-electron chi connectivity index (χ2n) is 6.29. The van der Waals surface area contributed by atoms with E-state index in [-0.39, 0.29) is 0 Å². The van der Waals surface area contributed by atoms with Crippen molar-refractivity contribution in [2.24, 2.45) is 0 Å². The van der Waals surface area contributed by atoms with Gasteiger partial charge in [-0.15, -0.1) is 11.3 Å². The second kappa shape index (κ2) is 6.97. The van der Waals surface area contributed by atoms with E-state index in [9.17, 15) is 0 Å². The first kappa shape index (κ1) is 16.8. The highest BCUT2D eigenvalue weighted by Crippen LogP contribution is 2.25. The number of fused-ring (bicyclic) bond motifs is 1. The topological polar surface area (TPSA) is 73.8 Å². The summed E-state index contributed by atoms with van der Waals surface area (Å²) in [5.41, 5.74) is 4.24. The molecule has 0 aliphatic heterocycles. The highest BCUT2D eigenvalue weighted by molar-refractivity contribution is 7.13. The lowest BCUT2D eigenvalue weighted by molar-refractivity contribution is 0.766. The van der Waals surface area contributed by atoms with Gasteiger partial charge in [-0.05, 0) is 24.6 Å². The van der Waals surface area contributed by atoms with E-state index in [1.165, 1.54) is 5.69 Å². The molecule has 0 radical (unpaired) electrons. The number of nitrogens with zero attached hydrogens (tertiary/aromatic N) is 7. The molecule has 0 aliphatic carbocycles. The van der Waals surface area contributed by atoms with Crippen molar-refractivity contribution in [2.45, 2.75) is 19.9 Å². The van der Waals surface area contributed by atoms with Crippen molar-refractivity contribution in [2.75, 3.05) is 0 Å². The van der Waals surface area contributed by atoms with Gasteiger partial charge in [0.25, 0.3) is 0 Å². The minimum atomic E-state index is 0.611. The van der Waals surface area contributed by atoms with Crippen LogP contribution >= 0.6 is 11.3 Å². The summed E-state index contributed by atoms with van der Waals surface area (Å²) in [5.74, 6) is 1.35. The molecule has 138 valence electrons. The Labute approximate surface area is 165 Å². The van der Waals surface area contributed by atoms with E-state index in [4.69, 9.17) is 4.98 Å². The zero-order valence-corrected chi connectivity index (χ0v) is 16.0. The molecule has 5 rings (SSSR count). The van der Waals surface area contributed by atoms with Crippen LogP contribution in [-0.4, -0.2) is 33.9 Å². The zero-order chi connectivity index (χ0) is 18.9. The summed E-state index contributed by atoms with van der Waals surface area (Å²) < 4.78 is 4.21. The molecule has 0 unspecified atom stereocenters. The van der Waals surface area contributed by atoms with Crippen molar-refractivity contribution in [3.8, 4) is 22.2 Å². The van der Waals surface area contributed by atoms with Gasteiger partial charge in [-0.3, -0.25) is 0 Å². The maximum Gasteiger partial charge on any atom is 0.195 e. The molecule has 0 bridgehead atoms. The van der Waals surface area contributed by atoms with Gasteiger partial charge < -0.3 is 8.97 Å². The number of aryl methyl sites for hydroxylation is 1. The van der Waals surface area contributed by atoms with Gasteiger partial charge in [-0.2, -0.15) is 0 Å². The lowest BCUT2D eigenvalue weighted by Crippen LogP contribution is -2.06. The lowest BCUT2D eigenvalue weighted by atomic mass is 10.2. The fourth-order valence-corrected chi connectivity index (χ4v) is 3.98. The number of aromatic nitrogens is 7. The van der Waals surface area contributed by atoms with Gasteiger partial charge in [0.15, 0.2) is 11.6 Å². The van der Waals surface area contributed by atoms with Crippen molar-refractivity contribution >= 4 is 17.0 Å². The van der Waals surface area contributed by atoms with E-state index in [0.717, 1.165) is 34.2 Å². The van der Waals surface area contributed by atoms with Gasteiger partial charge >= 0.3 is 0 Å². The number of hydrogen-bond acceptors (Lipinski definition) is 6. The van der Waals surface area contributed by atoms with Crippen LogP contribution in [0.3, 0.4) is 0 Å². The Hall–Kier alpha value is -3.39. The summed E-state index contributed by atoms with van der Waals surface area (Å²) in [6.45, 7) is 2.77. The van der Waals surface area contributed by atoms with E-state index in [1.54, 1.807) is 36.0 Å². The molecule has 8 heteroatoms. The average Bonchev–Trinajstić information content (AvgIpc) is 3.48. The molecular formula is C20H17N7S. The normalized spacial score (nSPS) is 11.3. The summed E-state index contributed by atoms with van der Waals surface area (Å²) in [6, 6.07) is 5.92. The Bertz CT molecular complexity index is 1220. The van der Waals surface area contributed by atoms with Crippen LogP contribution in [0.4, 0.5) is 0 Å². The molecule has 28 heavy (non-hydrogen) atoms. The fraction of sp³-hybridized carbons (Fsp3) is 0.150. The molecule has 0 spiro atoms. The molecule has 5 aromatic rings. The average molecular weight is 387 g/mol. The Morgan fingerprint density at radius 3 is 2.68 bits per heavy atom. The van der Waals surface area contributed by atoms with Gasteiger partial charge in [0.2, 0.25) is 0 Å². The third-order valence-electron chi connectivity index (χ3n) is 4.62.